The van der Waals surface area contributed by atoms with Crippen LogP contribution in [0.15, 0.2) is 45.9 Å². The molecule has 3 aromatic rings. The topological polar surface area (TPSA) is 100 Å². The molecule has 0 bridgehead atoms. The van der Waals surface area contributed by atoms with Crippen LogP contribution in [0.2, 0.25) is 0 Å². The zero-order valence-corrected chi connectivity index (χ0v) is 16.4. The summed E-state index contributed by atoms with van der Waals surface area (Å²) in [7, 11) is 1.50. The average molecular weight is 449 g/mol. The molecule has 0 aliphatic carbocycles. The SMILES string of the molecule is Cc1cc(Cc2ccc([N+](=O)[O-])c(Oc3cncc(Br)c3)c2F)nn(C)c1=O. The van der Waals surface area contributed by atoms with Crippen LogP contribution < -0.4 is 10.3 Å². The van der Waals surface area contributed by atoms with E-state index >= 15 is 4.39 Å². The predicted octanol–water partition coefficient (Wildman–Crippen LogP) is 3.68. The van der Waals surface area contributed by atoms with E-state index in [1.165, 1.54) is 42.3 Å². The van der Waals surface area contributed by atoms with Crippen molar-refractivity contribution >= 4 is 21.6 Å². The summed E-state index contributed by atoms with van der Waals surface area (Å²) in [5.41, 5.74) is 0.299. The molecule has 0 amide bonds. The van der Waals surface area contributed by atoms with Crippen molar-refractivity contribution in [2.45, 2.75) is 13.3 Å². The van der Waals surface area contributed by atoms with Crippen molar-refractivity contribution in [3.63, 3.8) is 0 Å². The maximum Gasteiger partial charge on any atom is 0.314 e. The number of nitro benzene ring substituents is 1. The number of nitro groups is 1. The Kier molecular flexibility index (Phi) is 5.50. The zero-order chi connectivity index (χ0) is 20.4. The van der Waals surface area contributed by atoms with Gasteiger partial charge in [-0.15, -0.1) is 0 Å². The Bertz CT molecular complexity index is 1110. The highest BCUT2D eigenvalue weighted by Crippen LogP contribution is 2.36. The number of hydrogen-bond acceptors (Lipinski definition) is 6. The van der Waals surface area contributed by atoms with Crippen molar-refractivity contribution in [2.75, 3.05) is 0 Å². The molecular formula is C18H14BrFN4O4. The first-order valence-electron chi connectivity index (χ1n) is 8.04. The van der Waals surface area contributed by atoms with Gasteiger partial charge in [-0.3, -0.25) is 19.9 Å². The lowest BCUT2D eigenvalue weighted by molar-refractivity contribution is -0.385. The van der Waals surface area contributed by atoms with E-state index in [0.717, 1.165) is 0 Å². The molecule has 144 valence electrons. The van der Waals surface area contributed by atoms with Crippen LogP contribution >= 0.6 is 15.9 Å². The molecule has 28 heavy (non-hydrogen) atoms. The summed E-state index contributed by atoms with van der Waals surface area (Å²) >= 11 is 3.21. The number of aryl methyl sites for hydroxylation is 2. The Morgan fingerprint density at radius 1 is 1.32 bits per heavy atom. The van der Waals surface area contributed by atoms with E-state index in [9.17, 15) is 14.9 Å². The maximum atomic E-state index is 15.1. The van der Waals surface area contributed by atoms with E-state index in [1.54, 1.807) is 13.0 Å². The maximum absolute atomic E-state index is 15.1. The second-order valence-electron chi connectivity index (χ2n) is 6.01. The van der Waals surface area contributed by atoms with Gasteiger partial charge in [0.2, 0.25) is 5.75 Å². The van der Waals surface area contributed by atoms with Crippen LogP contribution in [-0.4, -0.2) is 19.7 Å². The standard InChI is InChI=1S/C18H14BrFN4O4/c1-10-5-13(22-23(2)18(10)25)6-11-3-4-15(24(26)27)17(16(11)20)28-14-7-12(19)8-21-9-14/h3-5,7-9H,6H2,1-2H3. The molecule has 0 radical (unpaired) electrons. The van der Waals surface area contributed by atoms with Crippen molar-refractivity contribution < 1.29 is 14.1 Å². The van der Waals surface area contributed by atoms with Crippen LogP contribution in [0.1, 0.15) is 16.8 Å². The normalized spacial score (nSPS) is 10.7. The molecule has 0 spiro atoms. The summed E-state index contributed by atoms with van der Waals surface area (Å²) in [6.07, 6.45) is 2.85. The first-order chi connectivity index (χ1) is 13.3. The number of aromatic nitrogens is 3. The van der Waals surface area contributed by atoms with Gasteiger partial charge in [0.1, 0.15) is 5.75 Å². The third-order valence-electron chi connectivity index (χ3n) is 3.92. The van der Waals surface area contributed by atoms with E-state index in [1.807, 2.05) is 0 Å². The molecule has 2 aromatic heterocycles. The molecule has 0 fully saturated rings. The van der Waals surface area contributed by atoms with E-state index in [0.29, 0.717) is 15.7 Å². The molecule has 0 aliphatic rings. The molecule has 2 heterocycles. The van der Waals surface area contributed by atoms with Gasteiger partial charge < -0.3 is 4.74 Å². The van der Waals surface area contributed by atoms with Gasteiger partial charge in [0.15, 0.2) is 5.82 Å². The molecule has 3 rings (SSSR count). The Morgan fingerprint density at radius 3 is 2.71 bits per heavy atom. The van der Waals surface area contributed by atoms with Gasteiger partial charge in [0.05, 0.1) is 16.8 Å². The fourth-order valence-electron chi connectivity index (χ4n) is 2.65. The molecule has 0 saturated carbocycles. The number of hydrogen-bond donors (Lipinski definition) is 0. The van der Waals surface area contributed by atoms with Gasteiger partial charge in [-0.1, -0.05) is 0 Å². The monoisotopic (exact) mass is 448 g/mol. The third-order valence-corrected chi connectivity index (χ3v) is 4.35. The summed E-state index contributed by atoms with van der Waals surface area (Å²) < 4.78 is 22.3. The van der Waals surface area contributed by atoms with Gasteiger partial charge in [-0.25, -0.2) is 9.07 Å². The first-order valence-corrected chi connectivity index (χ1v) is 8.83. The van der Waals surface area contributed by atoms with Crippen molar-refractivity contribution in [1.29, 1.82) is 0 Å². The molecule has 0 atom stereocenters. The fourth-order valence-corrected chi connectivity index (χ4v) is 2.99. The summed E-state index contributed by atoms with van der Waals surface area (Å²) in [5, 5.41) is 15.4. The van der Waals surface area contributed by atoms with Gasteiger partial charge in [0.25, 0.3) is 5.56 Å². The Morgan fingerprint density at radius 2 is 2.07 bits per heavy atom. The second kappa shape index (κ2) is 7.85. The summed E-state index contributed by atoms with van der Waals surface area (Å²) in [4.78, 5) is 26.3. The third kappa shape index (κ3) is 4.06. The lowest BCUT2D eigenvalue weighted by Crippen LogP contribution is -2.23. The van der Waals surface area contributed by atoms with E-state index in [4.69, 9.17) is 4.74 Å². The Hall–Kier alpha value is -3.14. The van der Waals surface area contributed by atoms with Crippen LogP contribution in [-0.2, 0) is 13.5 Å². The molecule has 10 heteroatoms. The Labute approximate surface area is 166 Å². The van der Waals surface area contributed by atoms with Gasteiger partial charge >= 0.3 is 5.69 Å². The van der Waals surface area contributed by atoms with Crippen LogP contribution in [0.4, 0.5) is 10.1 Å². The zero-order valence-electron chi connectivity index (χ0n) is 14.8. The number of ether oxygens (including phenoxy) is 1. The minimum Gasteiger partial charge on any atom is -0.445 e. The molecule has 8 nitrogen and oxygen atoms in total. The number of benzene rings is 1. The molecule has 0 aliphatic heterocycles. The molecule has 1 aromatic carbocycles. The number of halogens is 2. The number of rotatable bonds is 5. The summed E-state index contributed by atoms with van der Waals surface area (Å²) in [6, 6.07) is 5.55. The summed E-state index contributed by atoms with van der Waals surface area (Å²) in [5.74, 6) is -1.24. The lowest BCUT2D eigenvalue weighted by Gasteiger charge is -2.11. The fraction of sp³-hybridized carbons (Fsp3) is 0.167. The highest BCUT2D eigenvalue weighted by atomic mass is 79.9. The van der Waals surface area contributed by atoms with Crippen LogP contribution in [0.3, 0.4) is 0 Å². The predicted molar refractivity (Wildman–Crippen MR) is 102 cm³/mol. The van der Waals surface area contributed by atoms with Crippen LogP contribution in [0.25, 0.3) is 0 Å². The number of pyridine rings is 1. The summed E-state index contributed by atoms with van der Waals surface area (Å²) in [6.45, 7) is 1.63. The van der Waals surface area contributed by atoms with E-state index < -0.39 is 22.2 Å². The van der Waals surface area contributed by atoms with Gasteiger partial charge in [-0.05, 0) is 46.6 Å². The van der Waals surface area contributed by atoms with Crippen LogP contribution in [0.5, 0.6) is 11.5 Å². The number of nitrogens with zero attached hydrogens (tertiary/aromatic N) is 4. The first kappa shape index (κ1) is 19.6. The quantitative estimate of drug-likeness (QED) is 0.435. The van der Waals surface area contributed by atoms with Gasteiger partial charge in [-0.2, -0.15) is 5.10 Å². The molecule has 0 N–H and O–H groups in total. The molecule has 0 unspecified atom stereocenters. The smallest absolute Gasteiger partial charge is 0.314 e. The van der Waals surface area contributed by atoms with Crippen molar-refractivity contribution in [1.82, 2.24) is 14.8 Å². The van der Waals surface area contributed by atoms with Crippen LogP contribution in [0, 0.1) is 22.9 Å². The molecular weight excluding hydrogens is 435 g/mol. The second-order valence-corrected chi connectivity index (χ2v) is 6.92. The molecule has 0 saturated heterocycles. The average Bonchev–Trinajstić information content (AvgIpc) is 2.63. The minimum atomic E-state index is -0.873. The largest absolute Gasteiger partial charge is 0.445 e. The van der Waals surface area contributed by atoms with E-state index in [2.05, 4.69) is 26.0 Å². The van der Waals surface area contributed by atoms with E-state index in [-0.39, 0.29) is 23.3 Å². The highest BCUT2D eigenvalue weighted by Gasteiger charge is 2.24. The Balaban J connectivity index is 2.04. The van der Waals surface area contributed by atoms with Crippen molar-refractivity contribution in [3.8, 4) is 11.5 Å². The lowest BCUT2D eigenvalue weighted by atomic mass is 10.1. The van der Waals surface area contributed by atoms with Crippen molar-refractivity contribution in [2.24, 2.45) is 7.05 Å². The van der Waals surface area contributed by atoms with Gasteiger partial charge in [0, 0.05) is 35.8 Å². The highest BCUT2D eigenvalue weighted by molar-refractivity contribution is 9.10. The van der Waals surface area contributed by atoms with Crippen molar-refractivity contribution in [3.05, 3.63) is 84.2 Å². The minimum absolute atomic E-state index is 0.0336.